The van der Waals surface area contributed by atoms with E-state index in [1.807, 2.05) is 0 Å². The summed E-state index contributed by atoms with van der Waals surface area (Å²) < 4.78 is 2.46. The lowest BCUT2D eigenvalue weighted by atomic mass is 9.50. The van der Waals surface area contributed by atoms with Crippen LogP contribution in [0.2, 0.25) is 0 Å². The minimum Gasteiger partial charge on any atom is -0.0857 e. The Hall–Kier alpha value is 1.46. The molecule has 0 nitrogen and oxygen atoms in total. The van der Waals surface area contributed by atoms with Crippen LogP contribution in [0.3, 0.4) is 0 Å². The molecule has 0 aliphatic heterocycles. The summed E-state index contributed by atoms with van der Waals surface area (Å²) in [6, 6.07) is 0. The van der Waals surface area contributed by atoms with Crippen molar-refractivity contribution in [2.75, 3.05) is 4.43 Å². The molecule has 0 amide bonds. The van der Waals surface area contributed by atoms with Crippen molar-refractivity contribution in [1.29, 1.82) is 0 Å². The number of hydrogen-bond donors (Lipinski definition) is 0. The molecule has 3 aliphatic rings. The first-order valence-electron chi connectivity index (χ1n) is 5.49. The Morgan fingerprint density at radius 3 is 2.85 bits per heavy atom. The number of rotatable bonds is 1. The Kier molecular flexibility index (Phi) is 2.40. The molecule has 0 radical (unpaired) electrons. The quantitative estimate of drug-likeness (QED) is 0.459. The van der Waals surface area contributed by atoms with Gasteiger partial charge in [-0.1, -0.05) is 51.6 Å². The van der Waals surface area contributed by atoms with Crippen LogP contribution in [0.4, 0.5) is 0 Å². The van der Waals surface area contributed by atoms with Crippen LogP contribution in [-0.2, 0) is 0 Å². The highest BCUT2D eigenvalue weighted by Gasteiger charge is 2.66. The van der Waals surface area contributed by atoms with Gasteiger partial charge in [-0.15, -0.1) is 0 Å². The molecule has 0 aromatic heterocycles. The highest BCUT2D eigenvalue weighted by atomic mass is 127. The molecular formula is C11H16I2. The van der Waals surface area contributed by atoms with Crippen LogP contribution in [-0.4, -0.2) is 8.35 Å². The summed E-state index contributed by atoms with van der Waals surface area (Å²) >= 11 is 5.39. The van der Waals surface area contributed by atoms with Crippen molar-refractivity contribution in [2.24, 2.45) is 23.2 Å². The standard InChI is InChI=1S/C11H16I2/c12-6-11-5-4-9(13)10(11)7-2-1-3-8(7)11/h7-10H,1-6H2/t7-,8+,9+,10-,11+/m0/s1. The Morgan fingerprint density at radius 2 is 2.08 bits per heavy atom. The molecule has 0 spiro atoms. The van der Waals surface area contributed by atoms with E-state index >= 15 is 0 Å². The van der Waals surface area contributed by atoms with Gasteiger partial charge in [0.1, 0.15) is 0 Å². The summed E-state index contributed by atoms with van der Waals surface area (Å²) in [4.78, 5) is 0. The summed E-state index contributed by atoms with van der Waals surface area (Å²) in [5.41, 5.74) is 0.827. The first-order chi connectivity index (χ1) is 6.29. The van der Waals surface area contributed by atoms with Crippen LogP contribution in [0, 0.1) is 23.2 Å². The van der Waals surface area contributed by atoms with E-state index in [0.29, 0.717) is 0 Å². The molecule has 3 aliphatic carbocycles. The zero-order valence-corrected chi connectivity index (χ0v) is 12.1. The van der Waals surface area contributed by atoms with Gasteiger partial charge in [0.15, 0.2) is 0 Å². The van der Waals surface area contributed by atoms with Gasteiger partial charge in [-0.25, -0.2) is 0 Å². The summed E-state index contributed by atoms with van der Waals surface area (Å²) in [6.45, 7) is 0. The van der Waals surface area contributed by atoms with E-state index in [1.165, 1.54) is 17.3 Å². The van der Waals surface area contributed by atoms with Gasteiger partial charge >= 0.3 is 0 Å². The lowest BCUT2D eigenvalue weighted by molar-refractivity contribution is -0.0545. The Balaban J connectivity index is 1.92. The Labute approximate surface area is 108 Å². The van der Waals surface area contributed by atoms with Gasteiger partial charge < -0.3 is 0 Å². The average molecular weight is 402 g/mol. The van der Waals surface area contributed by atoms with E-state index < -0.39 is 0 Å². The predicted molar refractivity (Wildman–Crippen MR) is 72.7 cm³/mol. The van der Waals surface area contributed by atoms with Gasteiger partial charge in [0.25, 0.3) is 0 Å². The molecule has 0 N–H and O–H groups in total. The van der Waals surface area contributed by atoms with Gasteiger partial charge in [0, 0.05) is 8.35 Å². The molecule has 0 saturated heterocycles. The first-order valence-corrected chi connectivity index (χ1v) is 8.27. The fraction of sp³-hybridized carbons (Fsp3) is 1.00. The average Bonchev–Trinajstić information content (AvgIpc) is 2.61. The second-order valence-electron chi connectivity index (χ2n) is 5.15. The van der Waals surface area contributed by atoms with Crippen LogP contribution in [0.15, 0.2) is 0 Å². The molecule has 3 rings (SSSR count). The van der Waals surface area contributed by atoms with Gasteiger partial charge in [-0.2, -0.15) is 0 Å². The van der Waals surface area contributed by atoms with E-state index in [4.69, 9.17) is 0 Å². The number of halogens is 2. The highest BCUT2D eigenvalue weighted by molar-refractivity contribution is 14.1. The normalized spacial score (nSPS) is 58.6. The second-order valence-corrected chi connectivity index (χ2v) is 7.51. The zero-order chi connectivity index (χ0) is 9.05. The van der Waals surface area contributed by atoms with Gasteiger partial charge in [0.2, 0.25) is 0 Å². The molecule has 74 valence electrons. The van der Waals surface area contributed by atoms with E-state index in [1.54, 1.807) is 19.3 Å². The van der Waals surface area contributed by atoms with Crippen molar-refractivity contribution in [3.63, 3.8) is 0 Å². The van der Waals surface area contributed by atoms with Crippen molar-refractivity contribution < 1.29 is 0 Å². The van der Waals surface area contributed by atoms with Crippen LogP contribution in [0.5, 0.6) is 0 Å². The fourth-order valence-corrected chi connectivity index (χ4v) is 7.53. The monoisotopic (exact) mass is 402 g/mol. The number of hydrogen-bond acceptors (Lipinski definition) is 0. The molecule has 2 heteroatoms. The fourth-order valence-electron chi connectivity index (χ4n) is 4.51. The largest absolute Gasteiger partial charge is 0.0857 e. The summed E-state index contributed by atoms with van der Waals surface area (Å²) in [5.74, 6) is 3.42. The third-order valence-corrected chi connectivity index (χ3v) is 7.77. The smallest absolute Gasteiger partial charge is 0.0146 e. The summed E-state index contributed by atoms with van der Waals surface area (Å²) in [5, 5.41) is 0. The SMILES string of the molecule is IC[C@@]12CC[C@@H](I)[C@@H]1[C@H]1CCC[C@H]12. The van der Waals surface area contributed by atoms with E-state index in [0.717, 1.165) is 27.1 Å². The maximum atomic E-state index is 2.73. The van der Waals surface area contributed by atoms with Crippen molar-refractivity contribution in [3.8, 4) is 0 Å². The summed E-state index contributed by atoms with van der Waals surface area (Å²) in [6.07, 6.45) is 7.73. The van der Waals surface area contributed by atoms with Crippen molar-refractivity contribution in [3.05, 3.63) is 0 Å². The van der Waals surface area contributed by atoms with Crippen LogP contribution in [0.25, 0.3) is 0 Å². The molecular weight excluding hydrogens is 386 g/mol. The van der Waals surface area contributed by atoms with Crippen molar-refractivity contribution in [2.45, 2.75) is 36.0 Å². The maximum absolute atomic E-state index is 2.73. The van der Waals surface area contributed by atoms with E-state index in [9.17, 15) is 0 Å². The van der Waals surface area contributed by atoms with Crippen molar-refractivity contribution >= 4 is 45.2 Å². The molecule has 3 saturated carbocycles. The first kappa shape index (κ1) is 9.67. The molecule has 3 fully saturated rings. The highest BCUT2D eigenvalue weighted by Crippen LogP contribution is 2.71. The minimum atomic E-state index is 0.827. The molecule has 13 heavy (non-hydrogen) atoms. The molecule has 5 atom stereocenters. The third kappa shape index (κ3) is 1.08. The second kappa shape index (κ2) is 3.22. The third-order valence-electron chi connectivity index (χ3n) is 4.96. The number of alkyl halides is 2. The van der Waals surface area contributed by atoms with Crippen LogP contribution in [0.1, 0.15) is 32.1 Å². The molecule has 0 bridgehead atoms. The van der Waals surface area contributed by atoms with Crippen molar-refractivity contribution in [1.82, 2.24) is 0 Å². The number of fused-ring (bicyclic) bond motifs is 4. The summed E-state index contributed by atoms with van der Waals surface area (Å²) in [7, 11) is 0. The predicted octanol–water partition coefficient (Wildman–Crippen LogP) is 4.05. The van der Waals surface area contributed by atoms with Gasteiger partial charge in [-0.3, -0.25) is 0 Å². The lowest BCUT2D eigenvalue weighted by Gasteiger charge is -2.57. The molecule has 0 heterocycles. The zero-order valence-electron chi connectivity index (χ0n) is 7.81. The van der Waals surface area contributed by atoms with Crippen LogP contribution < -0.4 is 0 Å². The Bertz CT molecular complexity index is 228. The molecule has 0 unspecified atom stereocenters. The topological polar surface area (TPSA) is 0 Å². The molecule has 0 aromatic rings. The van der Waals surface area contributed by atoms with E-state index in [-0.39, 0.29) is 0 Å². The van der Waals surface area contributed by atoms with E-state index in [2.05, 4.69) is 45.2 Å². The molecule has 0 aromatic carbocycles. The maximum Gasteiger partial charge on any atom is 0.0146 e. The van der Waals surface area contributed by atoms with Gasteiger partial charge in [0.05, 0.1) is 0 Å². The Morgan fingerprint density at radius 1 is 1.23 bits per heavy atom. The lowest BCUT2D eigenvalue weighted by Crippen LogP contribution is -2.54. The van der Waals surface area contributed by atoms with Crippen LogP contribution >= 0.6 is 45.2 Å². The minimum absolute atomic E-state index is 0.827. The van der Waals surface area contributed by atoms with Gasteiger partial charge in [-0.05, 0) is 48.9 Å².